The topological polar surface area (TPSA) is 101 Å². The van der Waals surface area contributed by atoms with Crippen LogP contribution in [0.2, 0.25) is 0 Å². The van der Waals surface area contributed by atoms with Gasteiger partial charge in [-0.25, -0.2) is 4.79 Å². The molecular formula is C16H25F3N4O3. The van der Waals surface area contributed by atoms with Crippen molar-refractivity contribution in [2.75, 3.05) is 13.1 Å². The molecule has 10 heteroatoms. The van der Waals surface area contributed by atoms with Gasteiger partial charge < -0.3 is 14.9 Å². The number of aromatic nitrogens is 2. The van der Waals surface area contributed by atoms with Gasteiger partial charge in [0.15, 0.2) is 5.82 Å². The first-order chi connectivity index (χ1) is 12.3. The molecule has 1 aliphatic heterocycles. The van der Waals surface area contributed by atoms with Gasteiger partial charge in [0.1, 0.15) is 0 Å². The van der Waals surface area contributed by atoms with Crippen LogP contribution in [-0.4, -0.2) is 46.8 Å². The molecule has 0 amide bonds. The number of carboxylic acids is 1. The number of aryl methyl sites for hydroxylation is 1. The maximum atomic E-state index is 10.6. The summed E-state index contributed by atoms with van der Waals surface area (Å²) >= 11 is 0. The molecule has 2 heterocycles. The molecule has 1 unspecified atom stereocenters. The molecule has 0 spiro atoms. The van der Waals surface area contributed by atoms with Crippen LogP contribution in [0.25, 0.3) is 0 Å². The summed E-state index contributed by atoms with van der Waals surface area (Å²) in [6.45, 7) is 3.82. The minimum Gasteiger partial charge on any atom is -0.475 e. The van der Waals surface area contributed by atoms with Crippen molar-refractivity contribution in [3.63, 3.8) is 0 Å². The number of hydrogen-bond donors (Lipinski definition) is 2. The van der Waals surface area contributed by atoms with Gasteiger partial charge in [0.05, 0.1) is 18.8 Å². The van der Waals surface area contributed by atoms with Crippen LogP contribution in [0.15, 0.2) is 9.52 Å². The minimum atomic E-state index is -5.08. The van der Waals surface area contributed by atoms with Crippen molar-refractivity contribution in [1.29, 1.82) is 0 Å². The lowest BCUT2D eigenvalue weighted by atomic mass is 10.1. The van der Waals surface area contributed by atoms with Gasteiger partial charge in [-0.3, -0.25) is 4.99 Å². The van der Waals surface area contributed by atoms with Gasteiger partial charge in [0.25, 0.3) is 0 Å². The number of carboxylic acid groups (broad SMARTS) is 1. The number of carbonyl (C=O) groups is 1. The summed E-state index contributed by atoms with van der Waals surface area (Å²) in [5.74, 6) is -0.950. The van der Waals surface area contributed by atoms with Crippen molar-refractivity contribution in [3.8, 4) is 0 Å². The summed E-state index contributed by atoms with van der Waals surface area (Å²) in [6.07, 6.45) is 5.32. The third kappa shape index (κ3) is 8.82. The SMILES string of the molecule is CCCCCCCCc1noc(C2CN=CNC2)n1.O=C(O)C(F)(F)F. The third-order valence-corrected chi connectivity index (χ3v) is 3.70. The molecule has 148 valence electrons. The second-order valence-electron chi connectivity index (χ2n) is 5.97. The van der Waals surface area contributed by atoms with E-state index in [2.05, 4.69) is 27.4 Å². The van der Waals surface area contributed by atoms with E-state index >= 15 is 0 Å². The van der Waals surface area contributed by atoms with E-state index in [9.17, 15) is 13.2 Å². The van der Waals surface area contributed by atoms with Crippen LogP contribution in [0, 0.1) is 0 Å². The maximum Gasteiger partial charge on any atom is 0.490 e. The van der Waals surface area contributed by atoms with Crippen LogP contribution in [0.1, 0.15) is 63.1 Å². The fraction of sp³-hybridized carbons (Fsp3) is 0.750. The van der Waals surface area contributed by atoms with Crippen LogP contribution in [-0.2, 0) is 11.2 Å². The van der Waals surface area contributed by atoms with Gasteiger partial charge in [-0.2, -0.15) is 18.2 Å². The van der Waals surface area contributed by atoms with Gasteiger partial charge >= 0.3 is 12.1 Å². The first kappa shape index (κ1) is 21.9. The van der Waals surface area contributed by atoms with E-state index < -0.39 is 12.1 Å². The van der Waals surface area contributed by atoms with Crippen molar-refractivity contribution in [2.45, 2.75) is 64.0 Å². The van der Waals surface area contributed by atoms with Gasteiger partial charge in [-0.15, -0.1) is 0 Å². The molecule has 1 aromatic rings. The Morgan fingerprint density at radius 2 is 1.96 bits per heavy atom. The number of aliphatic carboxylic acids is 1. The largest absolute Gasteiger partial charge is 0.490 e. The second-order valence-corrected chi connectivity index (χ2v) is 5.97. The van der Waals surface area contributed by atoms with Crippen LogP contribution in [0.3, 0.4) is 0 Å². The van der Waals surface area contributed by atoms with E-state index in [4.69, 9.17) is 14.4 Å². The molecule has 0 saturated heterocycles. The van der Waals surface area contributed by atoms with Crippen molar-refractivity contribution >= 4 is 12.3 Å². The number of halogens is 3. The number of nitrogens with one attached hydrogen (secondary N) is 1. The highest BCUT2D eigenvalue weighted by atomic mass is 19.4. The molecule has 0 aromatic carbocycles. The smallest absolute Gasteiger partial charge is 0.475 e. The van der Waals surface area contributed by atoms with Gasteiger partial charge in [0, 0.05) is 13.0 Å². The minimum absolute atomic E-state index is 0.232. The number of aliphatic imine (C=N–C) groups is 1. The summed E-state index contributed by atoms with van der Waals surface area (Å²) in [5, 5.41) is 14.3. The molecule has 0 aliphatic carbocycles. The predicted molar refractivity (Wildman–Crippen MR) is 89.2 cm³/mol. The van der Waals surface area contributed by atoms with Crippen LogP contribution < -0.4 is 5.32 Å². The molecule has 1 aromatic heterocycles. The molecule has 0 saturated carbocycles. The van der Waals surface area contributed by atoms with Crippen molar-refractivity contribution < 1.29 is 27.6 Å². The Bertz CT molecular complexity index is 561. The highest BCUT2D eigenvalue weighted by Crippen LogP contribution is 2.16. The van der Waals surface area contributed by atoms with Gasteiger partial charge in [0.2, 0.25) is 5.89 Å². The summed E-state index contributed by atoms with van der Waals surface area (Å²) in [6, 6.07) is 0. The summed E-state index contributed by atoms with van der Waals surface area (Å²) in [5.41, 5.74) is 0. The highest BCUT2D eigenvalue weighted by molar-refractivity contribution is 5.73. The number of alkyl halides is 3. The molecular weight excluding hydrogens is 353 g/mol. The molecule has 1 aliphatic rings. The monoisotopic (exact) mass is 378 g/mol. The summed E-state index contributed by atoms with van der Waals surface area (Å²) in [4.78, 5) is 17.6. The Kier molecular flexibility index (Phi) is 9.67. The van der Waals surface area contributed by atoms with E-state index in [1.807, 2.05) is 0 Å². The molecule has 0 fully saturated rings. The number of rotatable bonds is 8. The molecule has 26 heavy (non-hydrogen) atoms. The van der Waals surface area contributed by atoms with E-state index in [0.717, 1.165) is 37.6 Å². The summed E-state index contributed by atoms with van der Waals surface area (Å²) < 4.78 is 37.1. The lowest BCUT2D eigenvalue weighted by molar-refractivity contribution is -0.192. The molecule has 7 nitrogen and oxygen atoms in total. The van der Waals surface area contributed by atoms with Crippen LogP contribution in [0.5, 0.6) is 0 Å². The first-order valence-electron chi connectivity index (χ1n) is 8.68. The average Bonchev–Trinajstić information content (AvgIpc) is 3.07. The Morgan fingerprint density at radius 3 is 2.54 bits per heavy atom. The summed E-state index contributed by atoms with van der Waals surface area (Å²) in [7, 11) is 0. The van der Waals surface area contributed by atoms with Crippen LogP contribution in [0.4, 0.5) is 13.2 Å². The zero-order valence-corrected chi connectivity index (χ0v) is 14.8. The number of unbranched alkanes of at least 4 members (excludes halogenated alkanes) is 5. The fourth-order valence-corrected chi connectivity index (χ4v) is 2.27. The van der Waals surface area contributed by atoms with E-state index in [-0.39, 0.29) is 5.92 Å². The second kappa shape index (κ2) is 11.5. The van der Waals surface area contributed by atoms with Gasteiger partial charge in [-0.1, -0.05) is 44.2 Å². The number of nitrogens with zero attached hydrogens (tertiary/aromatic N) is 3. The lowest BCUT2D eigenvalue weighted by Crippen LogP contribution is -2.27. The van der Waals surface area contributed by atoms with Gasteiger partial charge in [-0.05, 0) is 6.42 Å². The lowest BCUT2D eigenvalue weighted by Gasteiger charge is -2.13. The molecule has 1 atom stereocenters. The van der Waals surface area contributed by atoms with Crippen molar-refractivity contribution in [3.05, 3.63) is 11.7 Å². The maximum absolute atomic E-state index is 10.6. The zero-order chi connectivity index (χ0) is 19.4. The molecule has 0 bridgehead atoms. The standard InChI is InChI=1S/C14H24N4O.C2HF3O2/c1-2-3-4-5-6-7-8-13-17-14(19-18-13)12-9-15-11-16-10-12;3-2(4,5)1(6)7/h11-12H,2-10H2,1H3,(H,15,16);(H,6,7). The predicted octanol–water partition coefficient (Wildman–Crippen LogP) is 3.32. The Labute approximate surface area is 150 Å². The van der Waals surface area contributed by atoms with Crippen LogP contribution >= 0.6 is 0 Å². The molecule has 0 radical (unpaired) electrons. The molecule has 2 rings (SSSR count). The molecule has 2 N–H and O–H groups in total. The van der Waals surface area contributed by atoms with Crippen molar-refractivity contribution in [2.24, 2.45) is 4.99 Å². The van der Waals surface area contributed by atoms with E-state index in [1.165, 1.54) is 32.1 Å². The normalized spacial score (nSPS) is 16.5. The Hall–Kier alpha value is -2.13. The zero-order valence-electron chi connectivity index (χ0n) is 14.8. The quantitative estimate of drug-likeness (QED) is 0.673. The van der Waals surface area contributed by atoms with E-state index in [0.29, 0.717) is 0 Å². The first-order valence-corrected chi connectivity index (χ1v) is 8.68. The Balaban J connectivity index is 0.000000412. The third-order valence-electron chi connectivity index (χ3n) is 3.70. The number of hydrogen-bond acceptors (Lipinski definition) is 6. The average molecular weight is 378 g/mol. The fourth-order valence-electron chi connectivity index (χ4n) is 2.27. The van der Waals surface area contributed by atoms with E-state index in [1.54, 1.807) is 6.34 Å². The Morgan fingerprint density at radius 1 is 1.31 bits per heavy atom. The van der Waals surface area contributed by atoms with Crippen molar-refractivity contribution in [1.82, 2.24) is 15.5 Å². The highest BCUT2D eigenvalue weighted by Gasteiger charge is 2.38.